The molecule has 0 aliphatic rings. The summed E-state index contributed by atoms with van der Waals surface area (Å²) in [6.45, 7) is 2.11. The summed E-state index contributed by atoms with van der Waals surface area (Å²) in [5.41, 5.74) is 0.863. The quantitative estimate of drug-likeness (QED) is 0.610. The van der Waals surface area contributed by atoms with Gasteiger partial charge in [-0.25, -0.2) is 8.42 Å². The van der Waals surface area contributed by atoms with Crippen molar-refractivity contribution in [1.82, 2.24) is 0 Å². The highest BCUT2D eigenvalue weighted by molar-refractivity contribution is 8.13. The van der Waals surface area contributed by atoms with Gasteiger partial charge in [-0.3, -0.25) is 4.79 Å². The van der Waals surface area contributed by atoms with Crippen LogP contribution in [0.2, 0.25) is 0 Å². The number of carbonyl (C=O) groups is 1. The highest BCUT2D eigenvalue weighted by Crippen LogP contribution is 2.16. The van der Waals surface area contributed by atoms with Crippen molar-refractivity contribution in [2.24, 2.45) is 0 Å². The fourth-order valence-electron chi connectivity index (χ4n) is 1.30. The normalized spacial score (nSPS) is 11.2. The summed E-state index contributed by atoms with van der Waals surface area (Å²) in [6.07, 6.45) is 0.794. The van der Waals surface area contributed by atoms with Crippen molar-refractivity contribution in [2.45, 2.75) is 24.7 Å². The Morgan fingerprint density at radius 2 is 1.88 bits per heavy atom. The molecule has 0 aromatic heterocycles. The number of ether oxygens (including phenoxy) is 1. The average molecular weight is 277 g/mol. The van der Waals surface area contributed by atoms with Gasteiger partial charge in [-0.15, -0.1) is 0 Å². The maximum absolute atomic E-state index is 11.1. The van der Waals surface area contributed by atoms with E-state index in [4.69, 9.17) is 15.4 Å². The Bertz CT molecular complexity index is 479. The summed E-state index contributed by atoms with van der Waals surface area (Å²) < 4.78 is 26.8. The van der Waals surface area contributed by atoms with Crippen molar-refractivity contribution >= 4 is 25.7 Å². The summed E-state index contributed by atoms with van der Waals surface area (Å²) in [5.74, 6) is -0.262. The monoisotopic (exact) mass is 276 g/mol. The number of aryl methyl sites for hydroxylation is 1. The van der Waals surface area contributed by atoms with E-state index in [1.165, 1.54) is 12.1 Å². The van der Waals surface area contributed by atoms with Crippen LogP contribution in [0.4, 0.5) is 0 Å². The number of hydrogen-bond donors (Lipinski definition) is 0. The summed E-state index contributed by atoms with van der Waals surface area (Å²) in [7, 11) is 1.50. The largest absolute Gasteiger partial charge is 0.466 e. The second-order valence-corrected chi connectivity index (χ2v) is 5.95. The molecule has 0 amide bonds. The van der Waals surface area contributed by atoms with Crippen molar-refractivity contribution in [3.8, 4) is 0 Å². The zero-order valence-electron chi connectivity index (χ0n) is 9.35. The number of esters is 1. The Hall–Kier alpha value is -1.07. The van der Waals surface area contributed by atoms with Crippen molar-refractivity contribution in [2.75, 3.05) is 6.61 Å². The Labute approximate surface area is 105 Å². The molecule has 0 fully saturated rings. The van der Waals surface area contributed by atoms with Crippen LogP contribution < -0.4 is 0 Å². The number of rotatable bonds is 5. The molecule has 1 aromatic rings. The van der Waals surface area contributed by atoms with Gasteiger partial charge in [0.2, 0.25) is 0 Å². The number of benzene rings is 1. The van der Waals surface area contributed by atoms with Crippen LogP contribution in [0.15, 0.2) is 29.2 Å². The number of hydrogen-bond acceptors (Lipinski definition) is 4. The third-order valence-electron chi connectivity index (χ3n) is 2.13. The van der Waals surface area contributed by atoms with Crippen LogP contribution in [0.3, 0.4) is 0 Å². The van der Waals surface area contributed by atoms with Crippen molar-refractivity contribution in [1.29, 1.82) is 0 Å². The molecule has 1 rings (SSSR count). The van der Waals surface area contributed by atoms with Crippen molar-refractivity contribution in [3.05, 3.63) is 29.8 Å². The minimum Gasteiger partial charge on any atom is -0.466 e. The molecule has 0 radical (unpaired) electrons. The number of carbonyl (C=O) groups excluding carboxylic acids is 1. The Balaban J connectivity index is 2.60. The minimum atomic E-state index is -3.68. The molecule has 0 saturated carbocycles. The predicted octanol–water partition coefficient (Wildman–Crippen LogP) is 2.11. The van der Waals surface area contributed by atoms with E-state index < -0.39 is 9.05 Å². The van der Waals surface area contributed by atoms with Gasteiger partial charge in [0.1, 0.15) is 0 Å². The smallest absolute Gasteiger partial charge is 0.306 e. The SMILES string of the molecule is CCOC(=O)CCc1ccc(S(=O)(=O)Cl)cc1. The molecule has 0 aliphatic carbocycles. The molecule has 94 valence electrons. The van der Waals surface area contributed by atoms with Gasteiger partial charge in [-0.2, -0.15) is 0 Å². The average Bonchev–Trinajstić information content (AvgIpc) is 2.26. The van der Waals surface area contributed by atoms with E-state index in [0.717, 1.165) is 5.56 Å². The molecule has 0 unspecified atom stereocenters. The van der Waals surface area contributed by atoms with E-state index in [2.05, 4.69) is 0 Å². The lowest BCUT2D eigenvalue weighted by Crippen LogP contribution is -2.05. The third kappa shape index (κ3) is 4.75. The van der Waals surface area contributed by atoms with Crippen LogP contribution in [0, 0.1) is 0 Å². The van der Waals surface area contributed by atoms with Crippen LogP contribution in [0.5, 0.6) is 0 Å². The highest BCUT2D eigenvalue weighted by atomic mass is 35.7. The Kier molecular flexibility index (Phi) is 4.96. The molecule has 0 N–H and O–H groups in total. The van der Waals surface area contributed by atoms with Gasteiger partial charge in [0, 0.05) is 17.1 Å². The van der Waals surface area contributed by atoms with Gasteiger partial charge < -0.3 is 4.74 Å². The lowest BCUT2D eigenvalue weighted by Gasteiger charge is -2.03. The fraction of sp³-hybridized carbons (Fsp3) is 0.364. The molecule has 0 spiro atoms. The van der Waals surface area contributed by atoms with Crippen LogP contribution >= 0.6 is 10.7 Å². The Morgan fingerprint density at radius 1 is 1.29 bits per heavy atom. The summed E-state index contributed by atoms with van der Waals surface area (Å²) in [5, 5.41) is 0. The summed E-state index contributed by atoms with van der Waals surface area (Å²) >= 11 is 0. The number of halogens is 1. The van der Waals surface area contributed by atoms with E-state index in [1.807, 2.05) is 0 Å². The minimum absolute atomic E-state index is 0.0547. The third-order valence-corrected chi connectivity index (χ3v) is 3.50. The first kappa shape index (κ1) is 14.0. The summed E-state index contributed by atoms with van der Waals surface area (Å²) in [4.78, 5) is 11.2. The second-order valence-electron chi connectivity index (χ2n) is 3.39. The van der Waals surface area contributed by atoms with Crippen molar-refractivity contribution < 1.29 is 17.9 Å². The topological polar surface area (TPSA) is 60.4 Å². The highest BCUT2D eigenvalue weighted by Gasteiger charge is 2.09. The maximum atomic E-state index is 11.1. The first-order valence-electron chi connectivity index (χ1n) is 5.12. The molecule has 0 atom stereocenters. The lowest BCUT2D eigenvalue weighted by atomic mass is 10.1. The van der Waals surface area contributed by atoms with Gasteiger partial charge in [0.05, 0.1) is 11.5 Å². The first-order valence-corrected chi connectivity index (χ1v) is 7.43. The molecule has 1 aromatic carbocycles. The standard InChI is InChI=1S/C11H13ClO4S/c1-2-16-11(13)8-5-9-3-6-10(7-4-9)17(12,14)15/h3-4,6-7H,2,5,8H2,1H3. The van der Waals surface area contributed by atoms with Crippen LogP contribution in [-0.2, 0) is 25.0 Å². The second kappa shape index (κ2) is 6.02. The van der Waals surface area contributed by atoms with E-state index in [0.29, 0.717) is 13.0 Å². The van der Waals surface area contributed by atoms with Crippen LogP contribution in [0.25, 0.3) is 0 Å². The lowest BCUT2D eigenvalue weighted by molar-refractivity contribution is -0.143. The maximum Gasteiger partial charge on any atom is 0.306 e. The van der Waals surface area contributed by atoms with Gasteiger partial charge in [-0.1, -0.05) is 12.1 Å². The van der Waals surface area contributed by atoms with E-state index >= 15 is 0 Å². The molecular weight excluding hydrogens is 264 g/mol. The molecule has 0 heterocycles. The van der Waals surface area contributed by atoms with Gasteiger partial charge in [0.25, 0.3) is 9.05 Å². The molecule has 17 heavy (non-hydrogen) atoms. The van der Waals surface area contributed by atoms with Crippen LogP contribution in [-0.4, -0.2) is 21.0 Å². The fourth-order valence-corrected chi connectivity index (χ4v) is 2.07. The molecule has 6 heteroatoms. The predicted molar refractivity (Wildman–Crippen MR) is 64.4 cm³/mol. The van der Waals surface area contributed by atoms with Crippen LogP contribution in [0.1, 0.15) is 18.9 Å². The van der Waals surface area contributed by atoms with E-state index in [1.54, 1.807) is 19.1 Å². The zero-order chi connectivity index (χ0) is 12.9. The molecule has 0 saturated heterocycles. The van der Waals surface area contributed by atoms with E-state index in [-0.39, 0.29) is 17.3 Å². The van der Waals surface area contributed by atoms with Gasteiger partial charge in [0.15, 0.2) is 0 Å². The Morgan fingerprint density at radius 3 is 2.35 bits per heavy atom. The van der Waals surface area contributed by atoms with Gasteiger partial charge in [-0.05, 0) is 31.0 Å². The van der Waals surface area contributed by atoms with Gasteiger partial charge >= 0.3 is 5.97 Å². The molecule has 0 bridgehead atoms. The molecular formula is C11H13ClO4S. The molecule has 4 nitrogen and oxygen atoms in total. The van der Waals surface area contributed by atoms with Crippen molar-refractivity contribution in [3.63, 3.8) is 0 Å². The first-order chi connectivity index (χ1) is 7.93. The zero-order valence-corrected chi connectivity index (χ0v) is 10.9. The van der Waals surface area contributed by atoms with E-state index in [9.17, 15) is 13.2 Å². The molecule has 0 aliphatic heterocycles. The summed E-state index contributed by atoms with van der Waals surface area (Å²) in [6, 6.07) is 6.11.